The highest BCUT2D eigenvalue weighted by Crippen LogP contribution is 2.06. The molecule has 7 nitrogen and oxygen atoms in total. The van der Waals surface area contributed by atoms with E-state index in [-0.39, 0.29) is 18.1 Å². The molecular formula is C11H20N2O5S. The van der Waals surface area contributed by atoms with Crippen LogP contribution in [0.1, 0.15) is 26.2 Å². The Morgan fingerprint density at radius 1 is 1.32 bits per heavy atom. The van der Waals surface area contributed by atoms with Crippen molar-refractivity contribution in [1.29, 1.82) is 0 Å². The average Bonchev–Trinajstić information content (AvgIpc) is 2.49. The van der Waals surface area contributed by atoms with Crippen molar-refractivity contribution in [2.75, 3.05) is 24.6 Å². The van der Waals surface area contributed by atoms with Gasteiger partial charge in [0.2, 0.25) is 0 Å². The van der Waals surface area contributed by atoms with Gasteiger partial charge < -0.3 is 15.3 Å². The van der Waals surface area contributed by atoms with E-state index in [1.165, 1.54) is 4.90 Å². The largest absolute Gasteiger partial charge is 0.480 e. The van der Waals surface area contributed by atoms with E-state index in [0.29, 0.717) is 25.8 Å². The molecule has 0 unspecified atom stereocenters. The van der Waals surface area contributed by atoms with E-state index in [2.05, 4.69) is 5.32 Å². The molecule has 19 heavy (non-hydrogen) atoms. The van der Waals surface area contributed by atoms with E-state index in [4.69, 9.17) is 5.11 Å². The summed E-state index contributed by atoms with van der Waals surface area (Å²) in [7, 11) is -3.08. The fraction of sp³-hybridized carbons (Fsp3) is 0.818. The summed E-state index contributed by atoms with van der Waals surface area (Å²) in [5, 5.41) is 11.4. The number of nitrogens with one attached hydrogen (secondary N) is 1. The van der Waals surface area contributed by atoms with Gasteiger partial charge in [0.05, 0.1) is 11.5 Å². The zero-order valence-electron chi connectivity index (χ0n) is 11.0. The Morgan fingerprint density at radius 2 is 2.00 bits per heavy atom. The summed E-state index contributed by atoms with van der Waals surface area (Å²) in [5.74, 6) is -1.06. The third-order valence-corrected chi connectivity index (χ3v) is 4.73. The summed E-state index contributed by atoms with van der Waals surface area (Å²) in [5.41, 5.74) is 0. The first kappa shape index (κ1) is 15.7. The second-order valence-corrected chi connectivity index (χ2v) is 6.93. The molecule has 0 aromatic rings. The quantitative estimate of drug-likeness (QED) is 0.763. The maximum absolute atomic E-state index is 11.9. The molecule has 0 bridgehead atoms. The number of rotatable bonds is 4. The predicted octanol–water partition coefficient (Wildman–Crippen LogP) is 0.0698. The molecule has 110 valence electrons. The number of carboxylic acid groups (broad SMARTS) is 1. The van der Waals surface area contributed by atoms with Crippen molar-refractivity contribution in [3.8, 4) is 0 Å². The maximum atomic E-state index is 11.9. The number of nitrogens with zero attached hydrogens (tertiary/aromatic N) is 1. The van der Waals surface area contributed by atoms with E-state index in [9.17, 15) is 18.0 Å². The van der Waals surface area contributed by atoms with E-state index in [1.54, 1.807) is 0 Å². The van der Waals surface area contributed by atoms with E-state index in [0.717, 1.165) is 0 Å². The molecule has 0 radical (unpaired) electrons. The highest BCUT2D eigenvalue weighted by atomic mass is 32.2. The molecule has 1 rings (SSSR count). The van der Waals surface area contributed by atoms with Crippen LogP contribution in [0.15, 0.2) is 0 Å². The summed E-state index contributed by atoms with van der Waals surface area (Å²) in [4.78, 5) is 24.2. The minimum absolute atomic E-state index is 0.0636. The Morgan fingerprint density at radius 3 is 2.58 bits per heavy atom. The van der Waals surface area contributed by atoms with Crippen LogP contribution < -0.4 is 5.32 Å². The molecule has 8 heteroatoms. The number of sulfone groups is 1. The van der Waals surface area contributed by atoms with Crippen molar-refractivity contribution >= 4 is 21.8 Å². The topological polar surface area (TPSA) is 104 Å². The third kappa shape index (κ3) is 5.06. The molecule has 0 aromatic carbocycles. The molecule has 1 atom stereocenters. The van der Waals surface area contributed by atoms with Crippen LogP contribution in [0, 0.1) is 0 Å². The van der Waals surface area contributed by atoms with Crippen LogP contribution in [-0.4, -0.2) is 61.1 Å². The molecule has 2 amide bonds. The number of carboxylic acids is 1. The summed E-state index contributed by atoms with van der Waals surface area (Å²) in [6.07, 6.45) is 1.39. The zero-order chi connectivity index (χ0) is 14.5. The van der Waals surface area contributed by atoms with E-state index >= 15 is 0 Å². The van der Waals surface area contributed by atoms with Gasteiger partial charge in [-0.25, -0.2) is 18.0 Å². The van der Waals surface area contributed by atoms with Gasteiger partial charge in [0.25, 0.3) is 0 Å². The van der Waals surface area contributed by atoms with Crippen LogP contribution in [-0.2, 0) is 14.6 Å². The molecule has 0 aromatic heterocycles. The highest BCUT2D eigenvalue weighted by molar-refractivity contribution is 7.91. The molecule has 1 saturated heterocycles. The van der Waals surface area contributed by atoms with Gasteiger partial charge in [-0.15, -0.1) is 0 Å². The minimum Gasteiger partial charge on any atom is -0.480 e. The first-order chi connectivity index (χ1) is 8.85. The first-order valence-electron chi connectivity index (χ1n) is 6.34. The molecule has 0 spiro atoms. The number of hydrogen-bond donors (Lipinski definition) is 2. The van der Waals surface area contributed by atoms with Gasteiger partial charge >= 0.3 is 12.0 Å². The van der Waals surface area contributed by atoms with Crippen LogP contribution in [0.5, 0.6) is 0 Å². The molecule has 1 aliphatic rings. The van der Waals surface area contributed by atoms with Crippen molar-refractivity contribution in [2.24, 2.45) is 0 Å². The number of carbonyl (C=O) groups excluding carboxylic acids is 1. The Labute approximate surface area is 112 Å². The van der Waals surface area contributed by atoms with Crippen molar-refractivity contribution in [3.05, 3.63) is 0 Å². The number of carbonyl (C=O) groups is 2. The standard InChI is InChI=1S/C11H20N2O5S/c1-2-4-9(10(14)15)12-11(16)13-5-3-7-19(17,18)8-6-13/h9H,2-8H2,1H3,(H,12,16)(H,14,15)/t9-/m1/s1. The fourth-order valence-corrected chi connectivity index (χ4v) is 3.20. The normalized spacial score (nSPS) is 20.4. The maximum Gasteiger partial charge on any atom is 0.326 e. The number of amides is 2. The lowest BCUT2D eigenvalue weighted by Gasteiger charge is -2.23. The minimum atomic E-state index is -3.08. The predicted molar refractivity (Wildman–Crippen MR) is 69.7 cm³/mol. The van der Waals surface area contributed by atoms with Gasteiger partial charge in [0.1, 0.15) is 6.04 Å². The van der Waals surface area contributed by atoms with E-state index in [1.807, 2.05) is 6.92 Å². The SMILES string of the molecule is CCC[C@@H](NC(=O)N1CCCS(=O)(=O)CC1)C(=O)O. The van der Waals surface area contributed by atoms with E-state index < -0.39 is 27.9 Å². The first-order valence-corrected chi connectivity index (χ1v) is 8.16. The van der Waals surface area contributed by atoms with Gasteiger partial charge in [0.15, 0.2) is 9.84 Å². The van der Waals surface area contributed by atoms with Gasteiger partial charge in [-0.1, -0.05) is 13.3 Å². The van der Waals surface area contributed by atoms with Crippen molar-refractivity contribution in [3.63, 3.8) is 0 Å². The van der Waals surface area contributed by atoms with Gasteiger partial charge in [0, 0.05) is 13.1 Å². The van der Waals surface area contributed by atoms with Crippen LogP contribution in [0.4, 0.5) is 4.79 Å². The number of urea groups is 1. The summed E-state index contributed by atoms with van der Waals surface area (Å²) in [6.45, 7) is 2.29. The van der Waals surface area contributed by atoms with Crippen LogP contribution in [0.2, 0.25) is 0 Å². The Kier molecular flexibility index (Phi) is 5.59. The van der Waals surface area contributed by atoms with Gasteiger partial charge in [-0.2, -0.15) is 0 Å². The highest BCUT2D eigenvalue weighted by Gasteiger charge is 2.25. The zero-order valence-corrected chi connectivity index (χ0v) is 11.8. The smallest absolute Gasteiger partial charge is 0.326 e. The fourth-order valence-electron chi connectivity index (χ4n) is 1.93. The average molecular weight is 292 g/mol. The monoisotopic (exact) mass is 292 g/mol. The summed E-state index contributed by atoms with van der Waals surface area (Å²) >= 11 is 0. The lowest BCUT2D eigenvalue weighted by molar-refractivity contribution is -0.139. The van der Waals surface area contributed by atoms with Crippen LogP contribution in [0.25, 0.3) is 0 Å². The lowest BCUT2D eigenvalue weighted by Crippen LogP contribution is -2.48. The number of aliphatic carboxylic acids is 1. The second kappa shape index (κ2) is 6.74. The lowest BCUT2D eigenvalue weighted by atomic mass is 10.2. The molecule has 2 N–H and O–H groups in total. The molecule has 0 aliphatic carbocycles. The Bertz CT molecular complexity index is 434. The summed E-state index contributed by atoms with van der Waals surface area (Å²) < 4.78 is 22.8. The van der Waals surface area contributed by atoms with Crippen LogP contribution >= 0.6 is 0 Å². The Hall–Kier alpha value is -1.31. The molecule has 1 fully saturated rings. The van der Waals surface area contributed by atoms with Crippen LogP contribution in [0.3, 0.4) is 0 Å². The summed E-state index contributed by atoms with van der Waals surface area (Å²) in [6, 6.07) is -1.42. The third-order valence-electron chi connectivity index (χ3n) is 3.02. The van der Waals surface area contributed by atoms with Gasteiger partial charge in [-0.3, -0.25) is 0 Å². The van der Waals surface area contributed by atoms with Crippen molar-refractivity contribution in [1.82, 2.24) is 10.2 Å². The molecule has 1 heterocycles. The van der Waals surface area contributed by atoms with Crippen molar-refractivity contribution < 1.29 is 23.1 Å². The van der Waals surface area contributed by atoms with Crippen molar-refractivity contribution in [2.45, 2.75) is 32.2 Å². The molecule has 0 saturated carbocycles. The Balaban J connectivity index is 2.59. The number of hydrogen-bond acceptors (Lipinski definition) is 4. The molecule has 1 aliphatic heterocycles. The molecular weight excluding hydrogens is 272 g/mol. The second-order valence-electron chi connectivity index (χ2n) is 4.62. The van der Waals surface area contributed by atoms with Gasteiger partial charge in [-0.05, 0) is 12.8 Å².